The van der Waals surface area contributed by atoms with Gasteiger partial charge in [-0.25, -0.2) is 0 Å². The molecule has 0 saturated heterocycles. The van der Waals surface area contributed by atoms with Crippen LogP contribution in [0, 0.1) is 17.8 Å². The molecule has 0 atom stereocenters. The predicted molar refractivity (Wildman–Crippen MR) is 60.4 cm³/mol. The second kappa shape index (κ2) is 6.37. The highest BCUT2D eigenvalue weighted by atomic mass is 16.6. The molecule has 0 N–H and O–H groups in total. The maximum atomic E-state index is 11.6. The summed E-state index contributed by atoms with van der Waals surface area (Å²) in [5, 5.41) is 0. The zero-order valence-electron chi connectivity index (χ0n) is 10.8. The number of hydrogen-bond donors (Lipinski definition) is 0. The van der Waals surface area contributed by atoms with Crippen molar-refractivity contribution in [1.29, 1.82) is 0 Å². The van der Waals surface area contributed by atoms with E-state index in [1.54, 1.807) is 20.8 Å². The molecule has 0 aromatic rings. The van der Waals surface area contributed by atoms with Gasteiger partial charge >= 0.3 is 17.9 Å². The Morgan fingerprint density at radius 2 is 0.889 bits per heavy atom. The van der Waals surface area contributed by atoms with Crippen LogP contribution in [-0.2, 0) is 28.6 Å². The highest BCUT2D eigenvalue weighted by Gasteiger charge is 2.65. The molecular formula is C12H18O6. The first-order valence-corrected chi connectivity index (χ1v) is 6.08. The van der Waals surface area contributed by atoms with Gasteiger partial charge in [-0.3, -0.25) is 14.4 Å². The zero-order valence-corrected chi connectivity index (χ0v) is 10.8. The SMILES string of the molecule is CCOC(=O)C1C(C(=O)OCC)C1C(=O)OCC. The predicted octanol–water partition coefficient (Wildman–Crippen LogP) is 0.538. The molecule has 0 radical (unpaired) electrons. The third-order valence-electron chi connectivity index (χ3n) is 2.70. The average molecular weight is 258 g/mol. The molecule has 0 spiro atoms. The van der Waals surface area contributed by atoms with Crippen LogP contribution in [-0.4, -0.2) is 37.7 Å². The van der Waals surface area contributed by atoms with Gasteiger partial charge in [-0.15, -0.1) is 0 Å². The van der Waals surface area contributed by atoms with Crippen LogP contribution in [0.25, 0.3) is 0 Å². The molecule has 6 nitrogen and oxygen atoms in total. The van der Waals surface area contributed by atoms with Gasteiger partial charge in [0.25, 0.3) is 0 Å². The Hall–Kier alpha value is -1.59. The first kappa shape index (κ1) is 14.5. The van der Waals surface area contributed by atoms with Crippen LogP contribution in [0.3, 0.4) is 0 Å². The number of ether oxygens (including phenoxy) is 3. The second-order valence-corrected chi connectivity index (χ2v) is 3.83. The van der Waals surface area contributed by atoms with Gasteiger partial charge < -0.3 is 14.2 Å². The third-order valence-corrected chi connectivity index (χ3v) is 2.70. The van der Waals surface area contributed by atoms with Crippen LogP contribution in [0.1, 0.15) is 20.8 Å². The van der Waals surface area contributed by atoms with Gasteiger partial charge in [0, 0.05) is 0 Å². The van der Waals surface area contributed by atoms with Crippen molar-refractivity contribution >= 4 is 17.9 Å². The van der Waals surface area contributed by atoms with Crippen LogP contribution in [0.2, 0.25) is 0 Å². The van der Waals surface area contributed by atoms with Crippen LogP contribution >= 0.6 is 0 Å². The average Bonchev–Trinajstić information content (AvgIpc) is 3.05. The van der Waals surface area contributed by atoms with Crippen molar-refractivity contribution in [2.24, 2.45) is 17.8 Å². The lowest BCUT2D eigenvalue weighted by Crippen LogP contribution is -2.13. The fraction of sp³-hybridized carbons (Fsp3) is 0.750. The van der Waals surface area contributed by atoms with E-state index in [-0.39, 0.29) is 19.8 Å². The summed E-state index contributed by atoms with van der Waals surface area (Å²) in [6, 6.07) is 0. The molecule has 0 aromatic carbocycles. The molecule has 1 saturated carbocycles. The number of rotatable bonds is 6. The topological polar surface area (TPSA) is 78.9 Å². The zero-order chi connectivity index (χ0) is 13.7. The molecular weight excluding hydrogens is 240 g/mol. The fourth-order valence-electron chi connectivity index (χ4n) is 1.91. The standard InChI is InChI=1S/C12H18O6/c1-4-16-10(13)7-8(11(14)17-5-2)9(7)12(15)18-6-3/h7-9H,4-6H2,1-3H3. The summed E-state index contributed by atoms with van der Waals surface area (Å²) in [5.41, 5.74) is 0. The van der Waals surface area contributed by atoms with E-state index in [1.165, 1.54) is 0 Å². The molecule has 1 aliphatic carbocycles. The van der Waals surface area contributed by atoms with Gasteiger partial charge in [0.2, 0.25) is 0 Å². The summed E-state index contributed by atoms with van der Waals surface area (Å²) in [7, 11) is 0. The second-order valence-electron chi connectivity index (χ2n) is 3.83. The van der Waals surface area contributed by atoms with E-state index in [4.69, 9.17) is 14.2 Å². The largest absolute Gasteiger partial charge is 0.466 e. The molecule has 1 rings (SSSR count). The lowest BCUT2D eigenvalue weighted by molar-refractivity contribution is -0.150. The first-order chi connectivity index (χ1) is 8.58. The summed E-state index contributed by atoms with van der Waals surface area (Å²) >= 11 is 0. The number of carbonyl (C=O) groups excluding carboxylic acids is 3. The molecule has 18 heavy (non-hydrogen) atoms. The number of hydrogen-bond acceptors (Lipinski definition) is 6. The van der Waals surface area contributed by atoms with Gasteiger partial charge in [0.05, 0.1) is 37.6 Å². The first-order valence-electron chi connectivity index (χ1n) is 6.08. The molecule has 1 aliphatic rings. The fourth-order valence-corrected chi connectivity index (χ4v) is 1.91. The van der Waals surface area contributed by atoms with Crippen molar-refractivity contribution in [1.82, 2.24) is 0 Å². The quantitative estimate of drug-likeness (QED) is 0.511. The molecule has 102 valence electrons. The number of carbonyl (C=O) groups is 3. The van der Waals surface area contributed by atoms with Gasteiger partial charge in [-0.05, 0) is 20.8 Å². The summed E-state index contributed by atoms with van der Waals surface area (Å²) in [4.78, 5) is 34.8. The van der Waals surface area contributed by atoms with Crippen LogP contribution in [0.4, 0.5) is 0 Å². The van der Waals surface area contributed by atoms with Crippen molar-refractivity contribution in [3.8, 4) is 0 Å². The monoisotopic (exact) mass is 258 g/mol. The maximum Gasteiger partial charge on any atom is 0.310 e. The summed E-state index contributed by atoms with van der Waals surface area (Å²) < 4.78 is 14.5. The number of esters is 3. The van der Waals surface area contributed by atoms with Crippen molar-refractivity contribution in [2.75, 3.05) is 19.8 Å². The van der Waals surface area contributed by atoms with Crippen LogP contribution in [0.15, 0.2) is 0 Å². The normalized spacial score (nSPS) is 25.2. The Kier molecular flexibility index (Phi) is 5.12. The molecule has 6 heteroatoms. The van der Waals surface area contributed by atoms with Gasteiger partial charge in [-0.1, -0.05) is 0 Å². The van der Waals surface area contributed by atoms with E-state index in [1.807, 2.05) is 0 Å². The lowest BCUT2D eigenvalue weighted by atomic mass is 10.3. The van der Waals surface area contributed by atoms with Crippen molar-refractivity contribution in [2.45, 2.75) is 20.8 Å². The third kappa shape index (κ3) is 3.00. The van der Waals surface area contributed by atoms with Crippen molar-refractivity contribution in [3.05, 3.63) is 0 Å². The van der Waals surface area contributed by atoms with Crippen molar-refractivity contribution in [3.63, 3.8) is 0 Å². The highest BCUT2D eigenvalue weighted by molar-refractivity contribution is 5.97. The molecule has 0 aromatic heterocycles. The summed E-state index contributed by atoms with van der Waals surface area (Å²) in [6.07, 6.45) is 0. The van der Waals surface area contributed by atoms with Gasteiger partial charge in [-0.2, -0.15) is 0 Å². The Morgan fingerprint density at radius 3 is 1.06 bits per heavy atom. The molecule has 0 unspecified atom stereocenters. The smallest absolute Gasteiger partial charge is 0.310 e. The Bertz CT molecular complexity index is 279. The minimum absolute atomic E-state index is 0.209. The summed E-state index contributed by atoms with van der Waals surface area (Å²) in [5.74, 6) is -3.93. The Morgan fingerprint density at radius 1 is 0.667 bits per heavy atom. The van der Waals surface area contributed by atoms with Crippen LogP contribution < -0.4 is 0 Å². The lowest BCUT2D eigenvalue weighted by Gasteiger charge is -2.00. The maximum absolute atomic E-state index is 11.6. The summed E-state index contributed by atoms with van der Waals surface area (Å²) in [6.45, 7) is 5.62. The molecule has 0 aliphatic heterocycles. The van der Waals surface area contributed by atoms with E-state index >= 15 is 0 Å². The van der Waals surface area contributed by atoms with E-state index in [0.717, 1.165) is 0 Å². The van der Waals surface area contributed by atoms with E-state index < -0.39 is 35.7 Å². The van der Waals surface area contributed by atoms with E-state index in [0.29, 0.717) is 0 Å². The van der Waals surface area contributed by atoms with E-state index in [2.05, 4.69) is 0 Å². The molecule has 1 fully saturated rings. The van der Waals surface area contributed by atoms with E-state index in [9.17, 15) is 14.4 Å². The van der Waals surface area contributed by atoms with Crippen LogP contribution in [0.5, 0.6) is 0 Å². The highest BCUT2D eigenvalue weighted by Crippen LogP contribution is 2.48. The van der Waals surface area contributed by atoms with Gasteiger partial charge in [0.15, 0.2) is 0 Å². The minimum Gasteiger partial charge on any atom is -0.466 e. The Labute approximate surface area is 106 Å². The molecule has 0 amide bonds. The molecule has 0 heterocycles. The van der Waals surface area contributed by atoms with Gasteiger partial charge in [0.1, 0.15) is 0 Å². The minimum atomic E-state index is -0.761. The van der Waals surface area contributed by atoms with Crippen molar-refractivity contribution < 1.29 is 28.6 Å². The Balaban J connectivity index is 2.70. The molecule has 0 bridgehead atoms.